The Morgan fingerprint density at radius 3 is 2.71 bits per heavy atom. The first kappa shape index (κ1) is 24.5. The molecule has 1 unspecified atom stereocenters. The average molecular weight is 498 g/mol. The van der Waals surface area contributed by atoms with E-state index in [9.17, 15) is 22.8 Å². The molecule has 0 spiro atoms. The summed E-state index contributed by atoms with van der Waals surface area (Å²) in [5.41, 5.74) is 0.359. The third-order valence-electron chi connectivity index (χ3n) is 6.00. The third-order valence-corrected chi connectivity index (χ3v) is 6.91. The summed E-state index contributed by atoms with van der Waals surface area (Å²) in [6.45, 7) is 1.22. The van der Waals surface area contributed by atoms with Crippen molar-refractivity contribution in [3.8, 4) is 0 Å². The number of fused-ring (bicyclic) bond motifs is 3. The number of rotatable bonds is 10. The Kier molecular flexibility index (Phi) is 7.17. The van der Waals surface area contributed by atoms with Gasteiger partial charge in [-0.2, -0.15) is 13.2 Å². The predicted molar refractivity (Wildman–Crippen MR) is 122 cm³/mol. The monoisotopic (exact) mass is 497 g/mol. The Morgan fingerprint density at radius 1 is 1.29 bits per heavy atom. The van der Waals surface area contributed by atoms with E-state index in [-0.39, 0.29) is 17.2 Å². The molecule has 1 fully saturated rings. The van der Waals surface area contributed by atoms with E-state index >= 15 is 0 Å². The van der Waals surface area contributed by atoms with Crippen LogP contribution in [0.2, 0.25) is 0 Å². The molecule has 1 aliphatic carbocycles. The molecule has 1 aromatic carbocycles. The van der Waals surface area contributed by atoms with Crippen LogP contribution < -0.4 is 5.56 Å². The van der Waals surface area contributed by atoms with Crippen molar-refractivity contribution in [1.82, 2.24) is 24.1 Å². The van der Waals surface area contributed by atoms with Gasteiger partial charge in [-0.05, 0) is 44.2 Å². The molecule has 184 valence electrons. The molecule has 8 nitrogen and oxygen atoms in total. The number of carbonyl (C=O) groups is 1. The fourth-order valence-corrected chi connectivity index (χ4v) is 4.92. The van der Waals surface area contributed by atoms with Gasteiger partial charge in [0.05, 0.1) is 16.7 Å². The number of thioether (sulfide) groups is 1. The number of halogens is 3. The highest BCUT2D eigenvalue weighted by molar-refractivity contribution is 7.99. The molecule has 4 rings (SSSR count). The van der Waals surface area contributed by atoms with Gasteiger partial charge >= 0.3 is 6.18 Å². The Labute approximate surface area is 198 Å². The Balaban J connectivity index is 1.64. The van der Waals surface area contributed by atoms with Gasteiger partial charge in [-0.25, -0.2) is 0 Å². The fourth-order valence-electron chi connectivity index (χ4n) is 4.09. The lowest BCUT2D eigenvalue weighted by Gasteiger charge is -2.30. The Bertz CT molecular complexity index is 1240. The molecular weight excluding hydrogens is 471 g/mol. The molecule has 0 saturated heterocycles. The van der Waals surface area contributed by atoms with Crippen LogP contribution >= 0.6 is 11.8 Å². The maximum atomic E-state index is 13.1. The summed E-state index contributed by atoms with van der Waals surface area (Å²) in [7, 11) is 1.58. The maximum absolute atomic E-state index is 13.1. The highest BCUT2D eigenvalue weighted by Crippen LogP contribution is 2.36. The van der Waals surface area contributed by atoms with E-state index in [2.05, 4.69) is 10.2 Å². The number of alkyl halides is 3. The highest BCUT2D eigenvalue weighted by atomic mass is 32.2. The van der Waals surface area contributed by atoms with E-state index in [1.165, 1.54) is 4.57 Å². The SMILES string of the molecule is COCCCn1c(=O)c2ccccc2n2c(SCC(=O)N(CC(F)(F)F)C(C)C3CC3)nnc12. The summed E-state index contributed by atoms with van der Waals surface area (Å²) >= 11 is 1.02. The minimum atomic E-state index is -4.47. The smallest absolute Gasteiger partial charge is 0.385 e. The number of methoxy groups -OCH3 is 1. The van der Waals surface area contributed by atoms with E-state index in [1.54, 1.807) is 42.7 Å². The number of aromatic nitrogens is 4. The van der Waals surface area contributed by atoms with E-state index in [1.807, 2.05) is 0 Å². The number of amides is 1. The molecule has 12 heteroatoms. The van der Waals surface area contributed by atoms with Gasteiger partial charge in [-0.1, -0.05) is 23.9 Å². The molecule has 1 amide bonds. The van der Waals surface area contributed by atoms with Crippen LogP contribution in [0.1, 0.15) is 26.2 Å². The van der Waals surface area contributed by atoms with Gasteiger partial charge < -0.3 is 9.64 Å². The van der Waals surface area contributed by atoms with Gasteiger partial charge in [0.15, 0.2) is 5.16 Å². The second-order valence-electron chi connectivity index (χ2n) is 8.44. The van der Waals surface area contributed by atoms with Crippen molar-refractivity contribution < 1.29 is 22.7 Å². The van der Waals surface area contributed by atoms with Crippen LogP contribution in [-0.2, 0) is 16.1 Å². The van der Waals surface area contributed by atoms with Crippen LogP contribution in [0.15, 0.2) is 34.2 Å². The number of para-hydroxylation sites is 1. The number of benzene rings is 1. The lowest BCUT2D eigenvalue weighted by atomic mass is 10.2. The molecule has 0 bridgehead atoms. The van der Waals surface area contributed by atoms with Crippen molar-refractivity contribution in [3.05, 3.63) is 34.6 Å². The first-order chi connectivity index (χ1) is 16.2. The average Bonchev–Trinajstić information content (AvgIpc) is 3.57. The van der Waals surface area contributed by atoms with Crippen molar-refractivity contribution >= 4 is 34.3 Å². The molecule has 0 N–H and O–H groups in total. The van der Waals surface area contributed by atoms with Crippen molar-refractivity contribution in [2.24, 2.45) is 5.92 Å². The second kappa shape index (κ2) is 9.95. The fraction of sp³-hybridized carbons (Fsp3) is 0.545. The van der Waals surface area contributed by atoms with Crippen LogP contribution in [0.4, 0.5) is 13.2 Å². The molecule has 1 aliphatic rings. The van der Waals surface area contributed by atoms with E-state index in [4.69, 9.17) is 4.74 Å². The normalized spacial score (nSPS) is 15.2. The molecule has 34 heavy (non-hydrogen) atoms. The number of aryl methyl sites for hydroxylation is 1. The molecule has 3 aromatic rings. The van der Waals surface area contributed by atoms with E-state index < -0.39 is 24.7 Å². The molecule has 1 saturated carbocycles. The molecule has 1 atom stereocenters. The van der Waals surface area contributed by atoms with Crippen molar-refractivity contribution in [1.29, 1.82) is 0 Å². The maximum Gasteiger partial charge on any atom is 0.406 e. The van der Waals surface area contributed by atoms with Crippen LogP contribution in [-0.4, -0.2) is 68.2 Å². The minimum absolute atomic E-state index is 0.107. The Morgan fingerprint density at radius 2 is 2.03 bits per heavy atom. The van der Waals surface area contributed by atoms with E-state index in [0.29, 0.717) is 41.4 Å². The molecular formula is C22H26F3N5O3S. The summed E-state index contributed by atoms with van der Waals surface area (Å²) < 4.78 is 47.7. The number of hydrogen-bond donors (Lipinski definition) is 0. The zero-order valence-electron chi connectivity index (χ0n) is 18.9. The summed E-state index contributed by atoms with van der Waals surface area (Å²) in [4.78, 5) is 26.8. The molecule has 0 aliphatic heterocycles. The highest BCUT2D eigenvalue weighted by Gasteiger charge is 2.40. The molecule has 2 aromatic heterocycles. The number of hydrogen-bond acceptors (Lipinski definition) is 6. The standard InChI is InChI=1S/C22H26F3N5O3S/c1-14(15-8-9-15)29(13-22(23,24)25)18(31)12-34-21-27-26-20-28(10-5-11-33-2)19(32)16-6-3-4-7-17(16)30(20)21/h3-4,6-7,14-15H,5,8-13H2,1-2H3. The number of carbonyl (C=O) groups excluding carboxylic acids is 1. The Hall–Kier alpha value is -2.60. The van der Waals surface area contributed by atoms with Crippen LogP contribution in [0.5, 0.6) is 0 Å². The quantitative estimate of drug-likeness (QED) is 0.316. The van der Waals surface area contributed by atoms with Crippen LogP contribution in [0, 0.1) is 5.92 Å². The van der Waals surface area contributed by atoms with Gasteiger partial charge in [-0.15, -0.1) is 10.2 Å². The summed E-state index contributed by atoms with van der Waals surface area (Å²) in [6, 6.07) is 6.51. The van der Waals surface area contributed by atoms with E-state index in [0.717, 1.165) is 29.5 Å². The van der Waals surface area contributed by atoms with Gasteiger partial charge in [0.2, 0.25) is 11.7 Å². The second-order valence-corrected chi connectivity index (χ2v) is 9.38. The largest absolute Gasteiger partial charge is 0.406 e. The lowest BCUT2D eigenvalue weighted by molar-refractivity contribution is -0.164. The van der Waals surface area contributed by atoms with Crippen molar-refractivity contribution in [2.45, 2.75) is 50.1 Å². The van der Waals surface area contributed by atoms with Gasteiger partial charge in [0, 0.05) is 26.3 Å². The zero-order chi connectivity index (χ0) is 24.5. The van der Waals surface area contributed by atoms with Crippen molar-refractivity contribution in [3.63, 3.8) is 0 Å². The summed E-state index contributed by atoms with van der Waals surface area (Å²) in [6.07, 6.45) is -2.22. The number of nitrogens with zero attached hydrogens (tertiary/aromatic N) is 5. The summed E-state index contributed by atoms with van der Waals surface area (Å²) in [5.74, 6) is -0.398. The lowest BCUT2D eigenvalue weighted by Crippen LogP contribution is -2.46. The van der Waals surface area contributed by atoms with Gasteiger partial charge in [0.25, 0.3) is 5.56 Å². The van der Waals surface area contributed by atoms with Gasteiger partial charge in [0.1, 0.15) is 6.54 Å². The minimum Gasteiger partial charge on any atom is -0.385 e. The predicted octanol–water partition coefficient (Wildman–Crippen LogP) is 3.36. The van der Waals surface area contributed by atoms with Crippen molar-refractivity contribution in [2.75, 3.05) is 26.0 Å². The number of ether oxygens (including phenoxy) is 1. The molecule has 0 radical (unpaired) electrons. The van der Waals surface area contributed by atoms with Crippen LogP contribution in [0.25, 0.3) is 16.7 Å². The first-order valence-electron chi connectivity index (χ1n) is 11.1. The third kappa shape index (κ3) is 5.22. The first-order valence-corrected chi connectivity index (χ1v) is 12.0. The summed E-state index contributed by atoms with van der Waals surface area (Å²) in [5, 5.41) is 9.14. The van der Waals surface area contributed by atoms with Gasteiger partial charge in [-0.3, -0.25) is 18.6 Å². The topological polar surface area (TPSA) is 81.7 Å². The zero-order valence-corrected chi connectivity index (χ0v) is 19.7. The van der Waals surface area contributed by atoms with Crippen LogP contribution in [0.3, 0.4) is 0 Å². The molecule has 2 heterocycles.